The van der Waals surface area contributed by atoms with Crippen molar-refractivity contribution in [2.75, 3.05) is 24.6 Å². The van der Waals surface area contributed by atoms with E-state index in [1.807, 2.05) is 13.8 Å². The number of ether oxygens (including phenoxy) is 2. The van der Waals surface area contributed by atoms with Crippen LogP contribution in [-0.2, 0) is 15.7 Å². The van der Waals surface area contributed by atoms with Gasteiger partial charge >= 0.3 is 6.18 Å². The molecule has 2 fully saturated rings. The molecule has 4 rings (SSSR count). The molecule has 0 atom stereocenters. The Morgan fingerprint density at radius 3 is 2.47 bits per heavy atom. The largest absolute Gasteiger partial charge is 0.416 e. The molecule has 162 valence electrons. The molecule has 30 heavy (non-hydrogen) atoms. The Balaban J connectivity index is 1.69. The van der Waals surface area contributed by atoms with E-state index in [-0.39, 0.29) is 11.5 Å². The molecule has 0 aliphatic carbocycles. The van der Waals surface area contributed by atoms with Gasteiger partial charge in [-0.2, -0.15) is 13.2 Å². The molecule has 3 heterocycles. The number of alkyl halides is 3. The third-order valence-electron chi connectivity index (χ3n) is 5.27. The van der Waals surface area contributed by atoms with Crippen molar-refractivity contribution in [3.63, 3.8) is 0 Å². The molecular formula is C18H19F3N4O5. The van der Waals surface area contributed by atoms with Crippen LogP contribution < -0.4 is 10.5 Å². The first-order valence-corrected chi connectivity index (χ1v) is 9.28. The fourth-order valence-electron chi connectivity index (χ4n) is 3.84. The van der Waals surface area contributed by atoms with Crippen molar-refractivity contribution in [2.24, 2.45) is 0 Å². The zero-order valence-corrected chi connectivity index (χ0v) is 16.2. The number of nitro benzene ring substituents is 1. The van der Waals surface area contributed by atoms with Crippen molar-refractivity contribution < 1.29 is 27.6 Å². The highest BCUT2D eigenvalue weighted by Crippen LogP contribution is 2.39. The van der Waals surface area contributed by atoms with Gasteiger partial charge in [0.25, 0.3) is 11.2 Å². The molecule has 2 aliphatic rings. The Labute approximate surface area is 167 Å². The number of H-pyrrole nitrogens is 1. The summed E-state index contributed by atoms with van der Waals surface area (Å²) in [5.41, 5.74) is -3.82. The Hall–Kier alpha value is -2.73. The minimum absolute atomic E-state index is 0.0578. The molecule has 2 aliphatic heterocycles. The van der Waals surface area contributed by atoms with E-state index in [1.165, 1.54) is 0 Å². The van der Waals surface area contributed by atoms with Crippen LogP contribution in [0.5, 0.6) is 0 Å². The van der Waals surface area contributed by atoms with Gasteiger partial charge in [0, 0.05) is 32.0 Å². The number of nitrogens with zero attached hydrogens (tertiary/aromatic N) is 3. The number of nitrogens with one attached hydrogen (secondary N) is 1. The molecule has 1 spiro atoms. The van der Waals surface area contributed by atoms with Crippen LogP contribution in [0.25, 0.3) is 10.9 Å². The molecule has 1 N–H and O–H groups in total. The van der Waals surface area contributed by atoms with Gasteiger partial charge in [0.2, 0.25) is 5.95 Å². The highest BCUT2D eigenvalue weighted by molar-refractivity contribution is 5.88. The fourth-order valence-corrected chi connectivity index (χ4v) is 3.84. The number of piperidine rings is 1. The first-order chi connectivity index (χ1) is 13.9. The lowest BCUT2D eigenvalue weighted by Crippen LogP contribution is -2.47. The summed E-state index contributed by atoms with van der Waals surface area (Å²) in [7, 11) is 0. The van der Waals surface area contributed by atoms with Crippen molar-refractivity contribution in [3.05, 3.63) is 38.2 Å². The van der Waals surface area contributed by atoms with Crippen molar-refractivity contribution in [1.82, 2.24) is 9.97 Å². The number of rotatable bonds is 2. The monoisotopic (exact) mass is 428 g/mol. The van der Waals surface area contributed by atoms with Gasteiger partial charge in [0.05, 0.1) is 28.1 Å². The van der Waals surface area contributed by atoms with Crippen molar-refractivity contribution in [2.45, 2.75) is 44.3 Å². The molecule has 2 aromatic rings. The number of anilines is 1. The third kappa shape index (κ3) is 3.60. The van der Waals surface area contributed by atoms with E-state index < -0.39 is 44.7 Å². The Morgan fingerprint density at radius 1 is 1.27 bits per heavy atom. The highest BCUT2D eigenvalue weighted by Gasteiger charge is 2.47. The molecule has 0 saturated carbocycles. The summed E-state index contributed by atoms with van der Waals surface area (Å²) in [5, 5.41) is 10.9. The molecule has 12 heteroatoms. The molecule has 0 radical (unpaired) electrons. The van der Waals surface area contributed by atoms with E-state index in [0.717, 1.165) is 0 Å². The molecule has 1 aromatic heterocycles. The van der Waals surface area contributed by atoms with Gasteiger partial charge in [0.15, 0.2) is 11.3 Å². The lowest BCUT2D eigenvalue weighted by molar-refractivity contribution is -0.383. The van der Waals surface area contributed by atoms with Gasteiger partial charge in [-0.05, 0) is 19.9 Å². The summed E-state index contributed by atoms with van der Waals surface area (Å²) in [6.07, 6.45) is -3.87. The van der Waals surface area contributed by atoms with Crippen LogP contribution >= 0.6 is 0 Å². The third-order valence-corrected chi connectivity index (χ3v) is 5.27. The topological polar surface area (TPSA) is 111 Å². The lowest BCUT2D eigenvalue weighted by atomic mass is 10.0. The molecule has 0 bridgehead atoms. The molecular weight excluding hydrogens is 409 g/mol. The van der Waals surface area contributed by atoms with Gasteiger partial charge in [-0.1, -0.05) is 0 Å². The quantitative estimate of drug-likeness (QED) is 0.578. The molecule has 0 unspecified atom stereocenters. The molecule has 2 saturated heterocycles. The van der Waals surface area contributed by atoms with E-state index in [1.54, 1.807) is 4.90 Å². The highest BCUT2D eigenvalue weighted by atomic mass is 19.4. The summed E-state index contributed by atoms with van der Waals surface area (Å²) >= 11 is 0. The fraction of sp³-hybridized carbons (Fsp3) is 0.556. The average Bonchev–Trinajstić information content (AvgIpc) is 2.95. The molecule has 0 amide bonds. The van der Waals surface area contributed by atoms with Gasteiger partial charge in [-0.15, -0.1) is 0 Å². The average molecular weight is 428 g/mol. The predicted octanol–water partition coefficient (Wildman–Crippen LogP) is 2.97. The second-order valence-electron chi connectivity index (χ2n) is 8.08. The van der Waals surface area contributed by atoms with E-state index in [2.05, 4.69) is 9.97 Å². The van der Waals surface area contributed by atoms with Crippen LogP contribution in [0.3, 0.4) is 0 Å². The maximum absolute atomic E-state index is 13.1. The lowest BCUT2D eigenvalue weighted by Gasteiger charge is -2.38. The van der Waals surface area contributed by atoms with E-state index in [0.29, 0.717) is 44.7 Å². The van der Waals surface area contributed by atoms with E-state index in [4.69, 9.17) is 9.47 Å². The number of hydrogen-bond acceptors (Lipinski definition) is 7. The number of aromatic amines is 1. The standard InChI is InChI=1S/C18H19F3N4O5/c1-16(2)9-29-17(30-16)3-5-24(6-4-17)15-22-13-11(14(26)23-15)7-10(18(19,20)21)8-12(13)25(27)28/h7-8H,3-6,9H2,1-2H3,(H,22,23,26). The van der Waals surface area contributed by atoms with Crippen LogP contribution in [0.1, 0.15) is 32.3 Å². The Bertz CT molecular complexity index is 1070. The zero-order chi connectivity index (χ0) is 21.9. The van der Waals surface area contributed by atoms with Crippen LogP contribution in [0, 0.1) is 10.1 Å². The predicted molar refractivity (Wildman–Crippen MR) is 99.3 cm³/mol. The number of non-ortho nitro benzene ring substituents is 1. The minimum atomic E-state index is -4.83. The minimum Gasteiger partial charge on any atom is -0.347 e. The maximum Gasteiger partial charge on any atom is 0.416 e. The van der Waals surface area contributed by atoms with E-state index >= 15 is 0 Å². The maximum atomic E-state index is 13.1. The second kappa shape index (κ2) is 6.64. The van der Waals surface area contributed by atoms with E-state index in [9.17, 15) is 28.1 Å². The van der Waals surface area contributed by atoms with Crippen LogP contribution in [0.15, 0.2) is 16.9 Å². The summed E-state index contributed by atoms with van der Waals surface area (Å²) in [5.74, 6) is -0.674. The van der Waals surface area contributed by atoms with Crippen LogP contribution in [0.4, 0.5) is 24.8 Å². The van der Waals surface area contributed by atoms with Gasteiger partial charge in [-0.25, -0.2) is 4.98 Å². The van der Waals surface area contributed by atoms with Gasteiger partial charge < -0.3 is 14.4 Å². The van der Waals surface area contributed by atoms with Crippen molar-refractivity contribution in [3.8, 4) is 0 Å². The number of hydrogen-bond donors (Lipinski definition) is 1. The molecule has 1 aromatic carbocycles. The summed E-state index contributed by atoms with van der Waals surface area (Å²) in [6, 6.07) is 0.970. The van der Waals surface area contributed by atoms with Crippen LogP contribution in [-0.4, -0.2) is 46.0 Å². The SMILES string of the molecule is CC1(C)COC2(CCN(c3nc4c([N+](=O)[O-])cc(C(F)(F)F)cc4c(=O)[nH]3)CC2)O1. The van der Waals surface area contributed by atoms with Gasteiger partial charge in [-0.3, -0.25) is 19.9 Å². The number of benzene rings is 1. The number of halogens is 3. The molecule has 9 nitrogen and oxygen atoms in total. The first kappa shape index (κ1) is 20.5. The normalized spacial score (nSPS) is 20.8. The second-order valence-corrected chi connectivity index (χ2v) is 8.08. The summed E-state index contributed by atoms with van der Waals surface area (Å²) in [4.78, 5) is 31.1. The zero-order valence-electron chi connectivity index (χ0n) is 16.2. The Kier molecular flexibility index (Phi) is 4.54. The number of nitro groups is 1. The summed E-state index contributed by atoms with van der Waals surface area (Å²) < 4.78 is 51.1. The number of fused-ring (bicyclic) bond motifs is 1. The summed E-state index contributed by atoms with van der Waals surface area (Å²) in [6.45, 7) is 5.07. The first-order valence-electron chi connectivity index (χ1n) is 9.28. The Morgan fingerprint density at radius 2 is 1.93 bits per heavy atom. The number of aromatic nitrogens is 2. The smallest absolute Gasteiger partial charge is 0.347 e. The van der Waals surface area contributed by atoms with Crippen molar-refractivity contribution >= 4 is 22.5 Å². The van der Waals surface area contributed by atoms with Crippen LogP contribution in [0.2, 0.25) is 0 Å². The van der Waals surface area contributed by atoms with Gasteiger partial charge in [0.1, 0.15) is 0 Å². The van der Waals surface area contributed by atoms with Crippen molar-refractivity contribution in [1.29, 1.82) is 0 Å².